The SMILES string of the molecule is Nc1cnn(-c2cccc(Br)n2)c1. The Morgan fingerprint density at radius 1 is 1.38 bits per heavy atom. The normalized spacial score (nSPS) is 10.2. The summed E-state index contributed by atoms with van der Waals surface area (Å²) in [6.45, 7) is 0. The topological polar surface area (TPSA) is 56.7 Å². The van der Waals surface area contributed by atoms with E-state index in [1.54, 1.807) is 17.1 Å². The van der Waals surface area contributed by atoms with Crippen molar-refractivity contribution in [3.8, 4) is 5.82 Å². The third kappa shape index (κ3) is 1.70. The molecule has 0 bridgehead atoms. The molecule has 66 valence electrons. The van der Waals surface area contributed by atoms with Gasteiger partial charge in [-0.3, -0.25) is 0 Å². The van der Waals surface area contributed by atoms with Gasteiger partial charge in [0.2, 0.25) is 0 Å². The van der Waals surface area contributed by atoms with Crippen LogP contribution in [0.25, 0.3) is 5.82 Å². The van der Waals surface area contributed by atoms with Crippen LogP contribution in [0.5, 0.6) is 0 Å². The molecule has 0 radical (unpaired) electrons. The quantitative estimate of drug-likeness (QED) is 0.769. The molecule has 0 fully saturated rings. The number of hydrogen-bond acceptors (Lipinski definition) is 3. The molecule has 0 amide bonds. The molecule has 2 aromatic heterocycles. The molecule has 0 aromatic carbocycles. The van der Waals surface area contributed by atoms with Crippen LogP contribution in [0, 0.1) is 0 Å². The summed E-state index contributed by atoms with van der Waals surface area (Å²) >= 11 is 3.28. The smallest absolute Gasteiger partial charge is 0.154 e. The molecule has 2 heterocycles. The summed E-state index contributed by atoms with van der Waals surface area (Å²) in [5.74, 6) is 0.742. The fourth-order valence-corrected chi connectivity index (χ4v) is 1.32. The molecule has 0 aliphatic rings. The number of hydrogen-bond donors (Lipinski definition) is 1. The predicted octanol–water partition coefficient (Wildman–Crippen LogP) is 1.61. The number of rotatable bonds is 1. The molecule has 0 aliphatic carbocycles. The van der Waals surface area contributed by atoms with Crippen LogP contribution in [-0.4, -0.2) is 14.8 Å². The number of aromatic nitrogens is 3. The van der Waals surface area contributed by atoms with Gasteiger partial charge in [0.05, 0.1) is 18.1 Å². The third-order valence-electron chi connectivity index (χ3n) is 1.54. The van der Waals surface area contributed by atoms with Crippen LogP contribution in [0.3, 0.4) is 0 Å². The summed E-state index contributed by atoms with van der Waals surface area (Å²) in [6, 6.07) is 5.61. The van der Waals surface area contributed by atoms with Crippen LogP contribution < -0.4 is 5.73 Å². The van der Waals surface area contributed by atoms with Crippen LogP contribution in [-0.2, 0) is 0 Å². The van der Waals surface area contributed by atoms with E-state index in [2.05, 4.69) is 26.0 Å². The maximum atomic E-state index is 5.53. The number of nitrogens with zero attached hydrogens (tertiary/aromatic N) is 3. The Bertz CT molecular complexity index is 424. The van der Waals surface area contributed by atoms with Crippen molar-refractivity contribution in [1.29, 1.82) is 0 Å². The minimum atomic E-state index is 0.627. The van der Waals surface area contributed by atoms with Crippen LogP contribution >= 0.6 is 15.9 Å². The first-order chi connectivity index (χ1) is 6.25. The first kappa shape index (κ1) is 8.25. The minimum Gasteiger partial charge on any atom is -0.396 e. The van der Waals surface area contributed by atoms with Crippen molar-refractivity contribution in [2.45, 2.75) is 0 Å². The first-order valence-corrected chi connectivity index (χ1v) is 4.48. The second-order valence-electron chi connectivity index (χ2n) is 2.54. The van der Waals surface area contributed by atoms with Gasteiger partial charge in [-0.1, -0.05) is 6.07 Å². The van der Waals surface area contributed by atoms with Crippen LogP contribution in [0.2, 0.25) is 0 Å². The molecular weight excluding hydrogens is 232 g/mol. The summed E-state index contributed by atoms with van der Waals surface area (Å²) in [5.41, 5.74) is 6.16. The van der Waals surface area contributed by atoms with Crippen molar-refractivity contribution in [2.75, 3.05) is 5.73 Å². The second kappa shape index (κ2) is 3.18. The molecule has 2 N–H and O–H groups in total. The summed E-state index contributed by atoms with van der Waals surface area (Å²) in [7, 11) is 0. The van der Waals surface area contributed by atoms with E-state index < -0.39 is 0 Å². The van der Waals surface area contributed by atoms with E-state index in [0.717, 1.165) is 10.4 Å². The lowest BCUT2D eigenvalue weighted by Gasteiger charge is -1.98. The molecule has 0 saturated carbocycles. The van der Waals surface area contributed by atoms with E-state index in [9.17, 15) is 0 Å². The van der Waals surface area contributed by atoms with Crippen LogP contribution in [0.4, 0.5) is 5.69 Å². The fraction of sp³-hybridized carbons (Fsp3) is 0. The Morgan fingerprint density at radius 3 is 2.85 bits per heavy atom. The first-order valence-electron chi connectivity index (χ1n) is 3.69. The molecule has 13 heavy (non-hydrogen) atoms. The minimum absolute atomic E-state index is 0.627. The standard InChI is InChI=1S/C8H7BrN4/c9-7-2-1-3-8(12-7)13-5-6(10)4-11-13/h1-5H,10H2. The van der Waals surface area contributed by atoms with Gasteiger partial charge in [-0.15, -0.1) is 0 Å². The molecule has 0 atom stereocenters. The van der Waals surface area contributed by atoms with Gasteiger partial charge in [0.25, 0.3) is 0 Å². The monoisotopic (exact) mass is 238 g/mol. The molecular formula is C8H7BrN4. The second-order valence-corrected chi connectivity index (χ2v) is 3.35. The van der Waals surface area contributed by atoms with Gasteiger partial charge >= 0.3 is 0 Å². The zero-order valence-corrected chi connectivity index (χ0v) is 8.27. The average molecular weight is 239 g/mol. The zero-order valence-electron chi connectivity index (χ0n) is 6.68. The highest BCUT2D eigenvalue weighted by atomic mass is 79.9. The van der Waals surface area contributed by atoms with Gasteiger partial charge in [-0.2, -0.15) is 5.10 Å². The molecule has 2 aromatic rings. The van der Waals surface area contributed by atoms with Gasteiger partial charge in [0, 0.05) is 0 Å². The molecule has 4 nitrogen and oxygen atoms in total. The summed E-state index contributed by atoms with van der Waals surface area (Å²) in [5, 5.41) is 4.04. The summed E-state index contributed by atoms with van der Waals surface area (Å²) in [4.78, 5) is 4.22. The number of halogens is 1. The highest BCUT2D eigenvalue weighted by molar-refractivity contribution is 9.10. The highest BCUT2D eigenvalue weighted by Crippen LogP contribution is 2.10. The van der Waals surface area contributed by atoms with Gasteiger partial charge in [-0.05, 0) is 28.1 Å². The molecule has 0 spiro atoms. The van der Waals surface area contributed by atoms with E-state index in [4.69, 9.17) is 5.73 Å². The Balaban J connectivity index is 2.46. The van der Waals surface area contributed by atoms with E-state index in [-0.39, 0.29) is 0 Å². The van der Waals surface area contributed by atoms with Crippen molar-refractivity contribution in [3.63, 3.8) is 0 Å². The van der Waals surface area contributed by atoms with Crippen LogP contribution in [0.15, 0.2) is 35.2 Å². The molecule has 0 unspecified atom stereocenters. The summed E-state index contributed by atoms with van der Waals surface area (Å²) in [6.07, 6.45) is 3.30. The van der Waals surface area contributed by atoms with Crippen molar-refractivity contribution in [1.82, 2.24) is 14.8 Å². The number of anilines is 1. The van der Waals surface area contributed by atoms with Crippen molar-refractivity contribution >= 4 is 21.6 Å². The van der Waals surface area contributed by atoms with Gasteiger partial charge in [-0.25, -0.2) is 9.67 Å². The van der Waals surface area contributed by atoms with Crippen molar-refractivity contribution in [3.05, 3.63) is 35.2 Å². The van der Waals surface area contributed by atoms with E-state index in [1.807, 2.05) is 18.2 Å². The Kier molecular flexibility index (Phi) is 2.02. The maximum Gasteiger partial charge on any atom is 0.154 e. The van der Waals surface area contributed by atoms with E-state index in [0.29, 0.717) is 5.69 Å². The lowest BCUT2D eigenvalue weighted by atomic mass is 10.5. The lowest BCUT2D eigenvalue weighted by molar-refractivity contribution is 0.843. The predicted molar refractivity (Wildman–Crippen MR) is 53.5 cm³/mol. The Labute approximate surface area is 83.5 Å². The lowest BCUT2D eigenvalue weighted by Crippen LogP contribution is -1.97. The van der Waals surface area contributed by atoms with Gasteiger partial charge in [0.1, 0.15) is 4.60 Å². The maximum absolute atomic E-state index is 5.53. The summed E-state index contributed by atoms with van der Waals surface area (Å²) < 4.78 is 2.40. The Hall–Kier alpha value is -1.36. The molecule has 0 aliphatic heterocycles. The fourth-order valence-electron chi connectivity index (χ4n) is 0.987. The van der Waals surface area contributed by atoms with Crippen molar-refractivity contribution in [2.24, 2.45) is 0 Å². The number of nitrogens with two attached hydrogens (primary N) is 1. The number of nitrogen functional groups attached to an aromatic ring is 1. The molecule has 5 heteroatoms. The Morgan fingerprint density at radius 2 is 2.23 bits per heavy atom. The van der Waals surface area contributed by atoms with E-state index >= 15 is 0 Å². The zero-order chi connectivity index (χ0) is 9.26. The molecule has 0 saturated heterocycles. The van der Waals surface area contributed by atoms with Crippen LogP contribution in [0.1, 0.15) is 0 Å². The average Bonchev–Trinajstić information content (AvgIpc) is 2.52. The molecule has 2 rings (SSSR count). The van der Waals surface area contributed by atoms with Gasteiger partial charge < -0.3 is 5.73 Å². The van der Waals surface area contributed by atoms with E-state index in [1.165, 1.54) is 0 Å². The highest BCUT2D eigenvalue weighted by Gasteiger charge is 1.99. The number of pyridine rings is 1. The van der Waals surface area contributed by atoms with Crippen molar-refractivity contribution < 1.29 is 0 Å². The van der Waals surface area contributed by atoms with Gasteiger partial charge in [0.15, 0.2) is 5.82 Å². The third-order valence-corrected chi connectivity index (χ3v) is 1.98. The largest absolute Gasteiger partial charge is 0.396 e.